The number of carbonyl (C=O) groups excluding carboxylic acids is 1. The standard InChI is InChI=1S/C11H15N5O/c12-10(17)4-2-1-3-5-16-8-15-9-6-13-7-14-11(9)16/h6-8H,1-5H2,(H2,12,17). The number of rotatable bonds is 6. The molecule has 2 N–H and O–H groups in total. The molecule has 0 saturated heterocycles. The number of aromatic nitrogens is 4. The van der Waals surface area contributed by atoms with Crippen LogP contribution in [0.1, 0.15) is 25.7 Å². The highest BCUT2D eigenvalue weighted by Crippen LogP contribution is 2.09. The molecule has 0 atom stereocenters. The molecule has 2 rings (SSSR count). The molecule has 2 aromatic rings. The Hall–Kier alpha value is -1.98. The van der Waals surface area contributed by atoms with Crippen LogP contribution in [0.3, 0.4) is 0 Å². The summed E-state index contributed by atoms with van der Waals surface area (Å²) in [4.78, 5) is 22.9. The van der Waals surface area contributed by atoms with Crippen molar-refractivity contribution in [2.75, 3.05) is 0 Å². The van der Waals surface area contributed by atoms with Gasteiger partial charge in [0, 0.05) is 13.0 Å². The highest BCUT2D eigenvalue weighted by molar-refractivity contribution is 5.73. The molecule has 2 heterocycles. The lowest BCUT2D eigenvalue weighted by Gasteiger charge is -2.02. The summed E-state index contributed by atoms with van der Waals surface area (Å²) in [5, 5.41) is 0. The predicted molar refractivity (Wildman–Crippen MR) is 63.0 cm³/mol. The minimum absolute atomic E-state index is 0.231. The van der Waals surface area contributed by atoms with Gasteiger partial charge in [-0.15, -0.1) is 0 Å². The summed E-state index contributed by atoms with van der Waals surface area (Å²) in [7, 11) is 0. The molecule has 0 spiro atoms. The maximum Gasteiger partial charge on any atom is 0.217 e. The van der Waals surface area contributed by atoms with E-state index in [9.17, 15) is 4.79 Å². The molecule has 2 aromatic heterocycles. The summed E-state index contributed by atoms with van der Waals surface area (Å²) in [6, 6.07) is 0. The molecule has 0 aliphatic rings. The van der Waals surface area contributed by atoms with Crippen molar-refractivity contribution in [1.82, 2.24) is 19.5 Å². The summed E-state index contributed by atoms with van der Waals surface area (Å²) >= 11 is 0. The fraction of sp³-hybridized carbons (Fsp3) is 0.455. The van der Waals surface area contributed by atoms with Gasteiger partial charge in [-0.3, -0.25) is 4.79 Å². The van der Waals surface area contributed by atoms with Gasteiger partial charge in [0.15, 0.2) is 5.65 Å². The van der Waals surface area contributed by atoms with E-state index < -0.39 is 0 Å². The van der Waals surface area contributed by atoms with Gasteiger partial charge >= 0.3 is 0 Å². The van der Waals surface area contributed by atoms with Crippen LogP contribution in [0.4, 0.5) is 0 Å². The van der Waals surface area contributed by atoms with E-state index in [0.29, 0.717) is 6.42 Å². The molecule has 0 aromatic carbocycles. The molecule has 0 aliphatic heterocycles. The first-order valence-electron chi connectivity index (χ1n) is 5.66. The summed E-state index contributed by atoms with van der Waals surface area (Å²) < 4.78 is 2.00. The number of amides is 1. The predicted octanol–water partition coefficient (Wildman–Crippen LogP) is 0.872. The van der Waals surface area contributed by atoms with Crippen LogP contribution in [0.25, 0.3) is 11.2 Å². The molecule has 1 amide bonds. The number of hydrogen-bond acceptors (Lipinski definition) is 4. The quantitative estimate of drug-likeness (QED) is 0.750. The normalized spacial score (nSPS) is 10.8. The summed E-state index contributed by atoms with van der Waals surface area (Å²) in [6.07, 6.45) is 8.27. The lowest BCUT2D eigenvalue weighted by molar-refractivity contribution is -0.118. The average molecular weight is 233 g/mol. The van der Waals surface area contributed by atoms with Gasteiger partial charge < -0.3 is 10.3 Å². The van der Waals surface area contributed by atoms with Crippen LogP contribution >= 0.6 is 0 Å². The van der Waals surface area contributed by atoms with Crippen molar-refractivity contribution >= 4 is 17.1 Å². The van der Waals surface area contributed by atoms with Crippen LogP contribution in [-0.4, -0.2) is 25.4 Å². The number of nitrogens with zero attached hydrogens (tertiary/aromatic N) is 4. The van der Waals surface area contributed by atoms with Crippen molar-refractivity contribution in [2.45, 2.75) is 32.2 Å². The monoisotopic (exact) mass is 233 g/mol. The number of unbranched alkanes of at least 4 members (excludes halogenated alkanes) is 2. The summed E-state index contributed by atoms with van der Waals surface area (Å²) in [5.41, 5.74) is 6.74. The van der Waals surface area contributed by atoms with Crippen molar-refractivity contribution in [3.63, 3.8) is 0 Å². The fourth-order valence-corrected chi connectivity index (χ4v) is 1.74. The van der Waals surface area contributed by atoms with E-state index in [4.69, 9.17) is 5.73 Å². The Balaban J connectivity index is 1.85. The lowest BCUT2D eigenvalue weighted by atomic mass is 10.2. The number of nitrogens with two attached hydrogens (primary N) is 1. The Labute approximate surface area is 98.9 Å². The number of aryl methyl sites for hydroxylation is 1. The summed E-state index contributed by atoms with van der Waals surface area (Å²) in [6.45, 7) is 0.853. The molecule has 90 valence electrons. The molecule has 17 heavy (non-hydrogen) atoms. The van der Waals surface area contributed by atoms with Gasteiger partial charge in [-0.1, -0.05) is 6.42 Å². The third kappa shape index (κ3) is 2.99. The molecular formula is C11H15N5O. The molecular weight excluding hydrogens is 218 g/mol. The van der Waals surface area contributed by atoms with E-state index >= 15 is 0 Å². The van der Waals surface area contributed by atoms with E-state index in [-0.39, 0.29) is 5.91 Å². The van der Waals surface area contributed by atoms with Gasteiger partial charge in [-0.05, 0) is 12.8 Å². The maximum absolute atomic E-state index is 10.6. The van der Waals surface area contributed by atoms with E-state index in [0.717, 1.165) is 37.0 Å². The first-order chi connectivity index (χ1) is 8.27. The van der Waals surface area contributed by atoms with Crippen molar-refractivity contribution in [1.29, 1.82) is 0 Å². The molecule has 0 unspecified atom stereocenters. The van der Waals surface area contributed by atoms with Crippen LogP contribution in [0.2, 0.25) is 0 Å². The Morgan fingerprint density at radius 3 is 3.00 bits per heavy atom. The van der Waals surface area contributed by atoms with E-state index in [2.05, 4.69) is 15.0 Å². The third-order valence-corrected chi connectivity index (χ3v) is 2.60. The Kier molecular flexibility index (Phi) is 3.64. The lowest BCUT2D eigenvalue weighted by Crippen LogP contribution is -2.09. The number of hydrogen-bond donors (Lipinski definition) is 1. The summed E-state index contributed by atoms with van der Waals surface area (Å²) in [5.74, 6) is -0.231. The molecule has 0 fully saturated rings. The molecule has 6 heteroatoms. The van der Waals surface area contributed by atoms with Crippen LogP contribution in [0, 0.1) is 0 Å². The van der Waals surface area contributed by atoms with Gasteiger partial charge in [0.05, 0.1) is 12.5 Å². The van der Waals surface area contributed by atoms with Gasteiger partial charge in [0.1, 0.15) is 11.8 Å². The molecule has 0 radical (unpaired) electrons. The number of imidazole rings is 1. The first kappa shape index (κ1) is 11.5. The molecule has 6 nitrogen and oxygen atoms in total. The van der Waals surface area contributed by atoms with Gasteiger partial charge in [-0.2, -0.15) is 0 Å². The third-order valence-electron chi connectivity index (χ3n) is 2.60. The molecule has 0 aliphatic carbocycles. The fourth-order valence-electron chi connectivity index (χ4n) is 1.74. The SMILES string of the molecule is NC(=O)CCCCCn1cnc2cncnc21. The highest BCUT2D eigenvalue weighted by Gasteiger charge is 2.02. The zero-order valence-corrected chi connectivity index (χ0v) is 9.54. The van der Waals surface area contributed by atoms with Gasteiger partial charge in [0.2, 0.25) is 5.91 Å². The zero-order chi connectivity index (χ0) is 12.1. The van der Waals surface area contributed by atoms with E-state index in [1.807, 2.05) is 4.57 Å². The van der Waals surface area contributed by atoms with Crippen LogP contribution in [0.5, 0.6) is 0 Å². The van der Waals surface area contributed by atoms with Crippen molar-refractivity contribution in [2.24, 2.45) is 5.73 Å². The maximum atomic E-state index is 10.6. The van der Waals surface area contributed by atoms with Crippen LogP contribution < -0.4 is 5.73 Å². The Morgan fingerprint density at radius 1 is 1.29 bits per heavy atom. The van der Waals surface area contributed by atoms with Crippen molar-refractivity contribution < 1.29 is 4.79 Å². The minimum Gasteiger partial charge on any atom is -0.370 e. The number of fused-ring (bicyclic) bond motifs is 1. The second kappa shape index (κ2) is 5.38. The van der Waals surface area contributed by atoms with Crippen molar-refractivity contribution in [3.8, 4) is 0 Å². The average Bonchev–Trinajstić information content (AvgIpc) is 2.72. The number of primary amides is 1. The second-order valence-corrected chi connectivity index (χ2v) is 3.95. The first-order valence-corrected chi connectivity index (χ1v) is 5.66. The van der Waals surface area contributed by atoms with Crippen molar-refractivity contribution in [3.05, 3.63) is 18.9 Å². The van der Waals surface area contributed by atoms with Crippen LogP contribution in [0.15, 0.2) is 18.9 Å². The Morgan fingerprint density at radius 2 is 2.18 bits per heavy atom. The Bertz CT molecular complexity index is 507. The smallest absolute Gasteiger partial charge is 0.217 e. The molecule has 0 saturated carbocycles. The topological polar surface area (TPSA) is 86.7 Å². The largest absolute Gasteiger partial charge is 0.370 e. The molecule has 0 bridgehead atoms. The van der Waals surface area contributed by atoms with Gasteiger partial charge in [-0.25, -0.2) is 15.0 Å². The number of carbonyl (C=O) groups is 1. The van der Waals surface area contributed by atoms with E-state index in [1.54, 1.807) is 12.5 Å². The zero-order valence-electron chi connectivity index (χ0n) is 9.54. The highest BCUT2D eigenvalue weighted by atomic mass is 16.1. The van der Waals surface area contributed by atoms with E-state index in [1.165, 1.54) is 6.33 Å². The van der Waals surface area contributed by atoms with Crippen LogP contribution in [-0.2, 0) is 11.3 Å². The van der Waals surface area contributed by atoms with Gasteiger partial charge in [0.25, 0.3) is 0 Å². The minimum atomic E-state index is -0.231. The second-order valence-electron chi connectivity index (χ2n) is 3.95.